The lowest BCUT2D eigenvalue weighted by Gasteiger charge is -2.01. The molecular formula is C21H16FIN2. The summed E-state index contributed by atoms with van der Waals surface area (Å²) in [5, 5.41) is 2.14. The van der Waals surface area contributed by atoms with Crippen LogP contribution in [0, 0.1) is 5.82 Å². The first kappa shape index (κ1) is 16.3. The first-order valence-corrected chi connectivity index (χ1v) is 8.21. The SMILES string of the molecule is CCc1ccc2c(ccc3c[n+]4c5ccc(F)cc5ccc4n32)c1.[I-]. The van der Waals surface area contributed by atoms with Crippen molar-refractivity contribution in [2.45, 2.75) is 13.3 Å². The molecule has 0 saturated heterocycles. The van der Waals surface area contributed by atoms with Crippen LogP contribution in [-0.2, 0) is 6.42 Å². The van der Waals surface area contributed by atoms with E-state index in [1.807, 2.05) is 12.1 Å². The van der Waals surface area contributed by atoms with E-state index in [-0.39, 0.29) is 29.8 Å². The molecule has 0 amide bonds. The van der Waals surface area contributed by atoms with E-state index in [9.17, 15) is 4.39 Å². The van der Waals surface area contributed by atoms with Crippen LogP contribution >= 0.6 is 0 Å². The van der Waals surface area contributed by atoms with Gasteiger partial charge in [-0.3, -0.25) is 0 Å². The van der Waals surface area contributed by atoms with Gasteiger partial charge in [-0.2, -0.15) is 8.80 Å². The fourth-order valence-corrected chi connectivity index (χ4v) is 3.60. The van der Waals surface area contributed by atoms with Gasteiger partial charge in [-0.15, -0.1) is 0 Å². The van der Waals surface area contributed by atoms with Crippen LogP contribution in [0.3, 0.4) is 0 Å². The van der Waals surface area contributed by atoms with Crippen molar-refractivity contribution in [3.63, 3.8) is 0 Å². The van der Waals surface area contributed by atoms with Crippen molar-refractivity contribution in [3.05, 3.63) is 78.2 Å². The summed E-state index contributed by atoms with van der Waals surface area (Å²) < 4.78 is 17.9. The van der Waals surface area contributed by atoms with Gasteiger partial charge in [-0.1, -0.05) is 13.0 Å². The predicted molar refractivity (Wildman–Crippen MR) is 94.9 cm³/mol. The molecule has 0 radical (unpaired) electrons. The molecule has 0 fully saturated rings. The fraction of sp³-hybridized carbons (Fsp3) is 0.0952. The third kappa shape index (κ3) is 2.39. The van der Waals surface area contributed by atoms with Crippen LogP contribution in [0.5, 0.6) is 0 Å². The quantitative estimate of drug-likeness (QED) is 0.276. The predicted octanol–water partition coefficient (Wildman–Crippen LogP) is 1.69. The summed E-state index contributed by atoms with van der Waals surface area (Å²) in [5.74, 6) is -0.205. The maximum absolute atomic E-state index is 13.5. The molecule has 5 rings (SSSR count). The highest BCUT2D eigenvalue weighted by Crippen LogP contribution is 2.22. The number of hydrogen-bond acceptors (Lipinski definition) is 0. The van der Waals surface area contributed by atoms with Crippen molar-refractivity contribution in [3.8, 4) is 0 Å². The molecular weight excluding hydrogens is 426 g/mol. The van der Waals surface area contributed by atoms with Gasteiger partial charge < -0.3 is 24.0 Å². The molecule has 3 heterocycles. The van der Waals surface area contributed by atoms with E-state index in [0.717, 1.165) is 28.5 Å². The molecule has 3 aromatic heterocycles. The number of rotatable bonds is 1. The van der Waals surface area contributed by atoms with Crippen LogP contribution in [0.15, 0.2) is 66.9 Å². The normalized spacial score (nSPS) is 11.4. The average molecular weight is 442 g/mol. The lowest BCUT2D eigenvalue weighted by atomic mass is 10.1. The number of imidazole rings is 1. The van der Waals surface area contributed by atoms with Gasteiger partial charge in [0.1, 0.15) is 23.0 Å². The summed E-state index contributed by atoms with van der Waals surface area (Å²) in [6.07, 6.45) is 3.15. The number of nitrogens with zero attached hydrogens (tertiary/aromatic N) is 2. The Balaban J connectivity index is 0.00000157. The molecule has 0 N–H and O–H groups in total. The minimum atomic E-state index is -0.205. The lowest BCUT2D eigenvalue weighted by molar-refractivity contribution is -0.479. The van der Waals surface area contributed by atoms with E-state index in [2.05, 4.69) is 58.3 Å². The van der Waals surface area contributed by atoms with Crippen molar-refractivity contribution in [2.75, 3.05) is 0 Å². The molecule has 0 spiro atoms. The first-order chi connectivity index (χ1) is 11.7. The zero-order chi connectivity index (χ0) is 16.3. The Morgan fingerprint density at radius 1 is 0.920 bits per heavy atom. The number of hydrogen-bond donors (Lipinski definition) is 0. The summed E-state index contributed by atoms with van der Waals surface area (Å²) in [6.45, 7) is 2.17. The number of aromatic nitrogens is 2. The minimum Gasteiger partial charge on any atom is -1.00 e. The van der Waals surface area contributed by atoms with Crippen LogP contribution < -0.4 is 28.4 Å². The topological polar surface area (TPSA) is 8.51 Å². The Labute approximate surface area is 161 Å². The number of aryl methyl sites for hydroxylation is 1. The maximum Gasteiger partial charge on any atom is 0.292 e. The maximum atomic E-state index is 13.5. The van der Waals surface area contributed by atoms with E-state index in [0.29, 0.717) is 0 Å². The number of halogens is 2. The largest absolute Gasteiger partial charge is 1.00 e. The van der Waals surface area contributed by atoms with Crippen LogP contribution in [0.4, 0.5) is 4.39 Å². The van der Waals surface area contributed by atoms with Crippen molar-refractivity contribution < 1.29 is 32.8 Å². The molecule has 0 aliphatic heterocycles. The summed E-state index contributed by atoms with van der Waals surface area (Å²) in [4.78, 5) is 0. The van der Waals surface area contributed by atoms with Gasteiger partial charge in [0.25, 0.3) is 5.65 Å². The number of pyridine rings is 2. The third-order valence-corrected chi connectivity index (χ3v) is 4.83. The van der Waals surface area contributed by atoms with Gasteiger partial charge in [0.15, 0.2) is 5.52 Å². The van der Waals surface area contributed by atoms with Crippen LogP contribution in [0.25, 0.3) is 33.0 Å². The van der Waals surface area contributed by atoms with Crippen molar-refractivity contribution in [1.29, 1.82) is 0 Å². The highest BCUT2D eigenvalue weighted by atomic mass is 127. The molecule has 4 heteroatoms. The van der Waals surface area contributed by atoms with E-state index in [1.165, 1.54) is 22.5 Å². The summed E-state index contributed by atoms with van der Waals surface area (Å²) in [5.41, 5.74) is 5.75. The van der Waals surface area contributed by atoms with E-state index >= 15 is 0 Å². The minimum absolute atomic E-state index is 0. The van der Waals surface area contributed by atoms with Crippen LogP contribution in [0.2, 0.25) is 0 Å². The zero-order valence-electron chi connectivity index (χ0n) is 13.7. The highest BCUT2D eigenvalue weighted by Gasteiger charge is 2.16. The van der Waals surface area contributed by atoms with Crippen LogP contribution in [0.1, 0.15) is 12.5 Å². The summed E-state index contributed by atoms with van der Waals surface area (Å²) in [7, 11) is 0. The van der Waals surface area contributed by atoms with E-state index in [4.69, 9.17) is 0 Å². The van der Waals surface area contributed by atoms with Gasteiger partial charge in [0.05, 0.1) is 0 Å². The zero-order valence-corrected chi connectivity index (χ0v) is 15.9. The van der Waals surface area contributed by atoms with Gasteiger partial charge in [0.2, 0.25) is 0 Å². The third-order valence-electron chi connectivity index (χ3n) is 4.83. The van der Waals surface area contributed by atoms with Gasteiger partial charge >= 0.3 is 0 Å². The molecule has 0 atom stereocenters. The Hall–Kier alpha value is -2.21. The molecule has 5 aromatic rings. The van der Waals surface area contributed by atoms with Crippen LogP contribution in [-0.4, -0.2) is 4.40 Å². The Morgan fingerprint density at radius 2 is 1.76 bits per heavy atom. The van der Waals surface area contributed by atoms with Crippen molar-refractivity contribution >= 4 is 33.0 Å². The van der Waals surface area contributed by atoms with Crippen molar-refractivity contribution in [2.24, 2.45) is 0 Å². The van der Waals surface area contributed by atoms with Crippen molar-refractivity contribution in [1.82, 2.24) is 4.40 Å². The summed E-state index contributed by atoms with van der Waals surface area (Å²) >= 11 is 0. The lowest BCUT2D eigenvalue weighted by Crippen LogP contribution is -3.00. The highest BCUT2D eigenvalue weighted by molar-refractivity contribution is 5.86. The summed E-state index contributed by atoms with van der Waals surface area (Å²) in [6, 6.07) is 19.9. The monoisotopic (exact) mass is 442 g/mol. The Morgan fingerprint density at radius 3 is 2.60 bits per heavy atom. The fourth-order valence-electron chi connectivity index (χ4n) is 3.60. The molecule has 0 saturated carbocycles. The molecule has 2 aromatic carbocycles. The van der Waals surface area contributed by atoms with Gasteiger partial charge in [0, 0.05) is 16.8 Å². The van der Waals surface area contributed by atoms with Gasteiger partial charge in [-0.05, 0) is 60.5 Å². The number of fused-ring (bicyclic) bond motifs is 7. The smallest absolute Gasteiger partial charge is 0.292 e. The van der Waals surface area contributed by atoms with E-state index < -0.39 is 0 Å². The molecule has 25 heavy (non-hydrogen) atoms. The second-order valence-corrected chi connectivity index (χ2v) is 6.23. The Kier molecular flexibility index (Phi) is 3.87. The van der Waals surface area contributed by atoms with Gasteiger partial charge in [-0.25, -0.2) is 4.39 Å². The first-order valence-electron chi connectivity index (χ1n) is 8.21. The Bertz CT molecular complexity index is 1260. The second kappa shape index (κ2) is 5.95. The molecule has 0 aliphatic rings. The molecule has 0 unspecified atom stereocenters. The standard InChI is InChI=1S/C21H16FN2.HI/c1-2-14-3-8-20-15(11-14)4-7-18-13-23-19-9-6-17(22)12-16(19)5-10-21(23)24(18)20;/h3-13H,2H2,1H3;1H/q+1;/p-1. The molecule has 2 nitrogen and oxygen atoms in total. The van der Waals surface area contributed by atoms with E-state index in [1.54, 1.807) is 6.07 Å². The second-order valence-electron chi connectivity index (χ2n) is 6.23. The molecule has 0 aliphatic carbocycles. The molecule has 0 bridgehead atoms. The average Bonchev–Trinajstić information content (AvgIpc) is 3.00. The molecule has 124 valence electrons. The number of benzene rings is 2.